The van der Waals surface area contributed by atoms with Gasteiger partial charge in [-0.25, -0.2) is 8.78 Å². The highest BCUT2D eigenvalue weighted by molar-refractivity contribution is 4.68. The second kappa shape index (κ2) is 2.08. The molecule has 0 rings (SSSR count). The summed E-state index contributed by atoms with van der Waals surface area (Å²) in [6, 6.07) is -1.23. The fourth-order valence-electron chi connectivity index (χ4n) is 0. The van der Waals surface area contributed by atoms with Gasteiger partial charge in [-0.1, -0.05) is 13.0 Å². The third-order valence-electron chi connectivity index (χ3n) is 0.378. The maximum atomic E-state index is 11.0. The van der Waals surface area contributed by atoms with Crippen molar-refractivity contribution in [3.63, 3.8) is 0 Å². The van der Waals surface area contributed by atoms with Crippen molar-refractivity contribution in [3.05, 3.63) is 5.73 Å². The van der Waals surface area contributed by atoms with Crippen molar-refractivity contribution in [2.24, 2.45) is 0 Å². The predicted octanol–water partition coefficient (Wildman–Crippen LogP) is 1.69. The van der Waals surface area contributed by atoms with Crippen LogP contribution >= 0.6 is 0 Å². The molecule has 0 aromatic carbocycles. The van der Waals surface area contributed by atoms with Crippen LogP contribution in [0.4, 0.5) is 8.78 Å². The van der Waals surface area contributed by atoms with Crippen LogP contribution in [-0.4, -0.2) is 12.5 Å². The lowest BCUT2D eigenvalue weighted by molar-refractivity contribution is 0.137. The molecule has 0 aliphatic heterocycles. The molecular weight excluding hydrogens is 88.0 g/mol. The van der Waals surface area contributed by atoms with Crippen molar-refractivity contribution in [2.45, 2.75) is 19.4 Å². The molecule has 0 amide bonds. The molecule has 0 aromatic rings. The van der Waals surface area contributed by atoms with Crippen LogP contribution in [0.1, 0.15) is 6.92 Å². The summed E-state index contributed by atoms with van der Waals surface area (Å²) in [7, 11) is 0. The highest BCUT2D eigenvalue weighted by Gasteiger charge is 1.98. The zero-order chi connectivity index (χ0) is 5.15. The van der Waals surface area contributed by atoms with E-state index in [1.165, 1.54) is 0 Å². The smallest absolute Gasteiger partial charge is 0.222 e. The Balaban J connectivity index is 2.99. The molecule has 1 unspecified atom stereocenters. The van der Waals surface area contributed by atoms with Crippen molar-refractivity contribution in [1.29, 1.82) is 0 Å². The quantitative estimate of drug-likeness (QED) is 0.472. The minimum Gasteiger partial charge on any atom is -0.670 e. The van der Waals surface area contributed by atoms with Crippen LogP contribution in [0.25, 0.3) is 5.73 Å². The number of hydrogen-bond acceptors (Lipinski definition) is 0. The van der Waals surface area contributed by atoms with Gasteiger partial charge < -0.3 is 5.73 Å². The topological polar surface area (TPSA) is 23.8 Å². The lowest BCUT2D eigenvalue weighted by Crippen LogP contribution is -2.05. The number of rotatable bonds is 1. The highest BCUT2D eigenvalue weighted by atomic mass is 19.3. The SMILES string of the molecule is CC([NH-])C(F)F. The number of halogens is 2. The van der Waals surface area contributed by atoms with Crippen molar-refractivity contribution in [2.75, 3.05) is 0 Å². The van der Waals surface area contributed by atoms with E-state index < -0.39 is 12.5 Å². The van der Waals surface area contributed by atoms with E-state index in [1.54, 1.807) is 0 Å². The van der Waals surface area contributed by atoms with Crippen LogP contribution in [0.3, 0.4) is 0 Å². The van der Waals surface area contributed by atoms with Gasteiger partial charge in [0.15, 0.2) is 0 Å². The van der Waals surface area contributed by atoms with Gasteiger partial charge in [-0.3, -0.25) is 0 Å². The lowest BCUT2D eigenvalue weighted by atomic mass is 10.4. The fourth-order valence-corrected chi connectivity index (χ4v) is 0. The maximum absolute atomic E-state index is 11.0. The Labute approximate surface area is 35.1 Å². The normalized spacial score (nSPS) is 15.5. The van der Waals surface area contributed by atoms with Gasteiger partial charge in [0.2, 0.25) is 6.43 Å². The first-order valence-electron chi connectivity index (χ1n) is 1.64. The first-order valence-corrected chi connectivity index (χ1v) is 1.64. The van der Waals surface area contributed by atoms with E-state index in [1.807, 2.05) is 0 Å². The zero-order valence-electron chi connectivity index (χ0n) is 3.41. The van der Waals surface area contributed by atoms with E-state index >= 15 is 0 Å². The summed E-state index contributed by atoms with van der Waals surface area (Å²) in [5.41, 5.74) is 6.28. The average Bonchev–Trinajstić information content (AvgIpc) is 1.36. The second-order valence-electron chi connectivity index (χ2n) is 1.12. The molecule has 0 heterocycles. The van der Waals surface area contributed by atoms with Gasteiger partial charge in [-0.2, -0.15) is 0 Å². The molecule has 6 heavy (non-hydrogen) atoms. The summed E-state index contributed by atoms with van der Waals surface area (Å²) in [6.45, 7) is 1.16. The van der Waals surface area contributed by atoms with Crippen LogP contribution in [0.5, 0.6) is 0 Å². The van der Waals surface area contributed by atoms with Gasteiger partial charge in [0.05, 0.1) is 0 Å². The maximum Gasteiger partial charge on any atom is 0.222 e. The van der Waals surface area contributed by atoms with E-state index in [2.05, 4.69) is 0 Å². The van der Waals surface area contributed by atoms with Gasteiger partial charge >= 0.3 is 0 Å². The fraction of sp³-hybridized carbons (Fsp3) is 1.00. The Bertz CT molecular complexity index is 29.8. The van der Waals surface area contributed by atoms with Crippen LogP contribution in [0.15, 0.2) is 0 Å². The van der Waals surface area contributed by atoms with E-state index in [0.717, 1.165) is 6.92 Å². The molecule has 0 radical (unpaired) electrons. The molecule has 3 heteroatoms. The first kappa shape index (κ1) is 5.82. The van der Waals surface area contributed by atoms with Crippen molar-refractivity contribution < 1.29 is 8.78 Å². The standard InChI is InChI=1S/C3H6F2N/c1-2(6)3(4)5/h2-3,6H,1H3/q-1. The van der Waals surface area contributed by atoms with Crippen LogP contribution in [0.2, 0.25) is 0 Å². The van der Waals surface area contributed by atoms with Crippen molar-refractivity contribution >= 4 is 0 Å². The molecule has 0 aliphatic rings. The Morgan fingerprint density at radius 3 is 1.67 bits per heavy atom. The molecule has 1 atom stereocenters. The molecule has 0 saturated heterocycles. The minimum atomic E-state index is -2.48. The third-order valence-corrected chi connectivity index (χ3v) is 0.378. The van der Waals surface area contributed by atoms with Crippen LogP contribution in [-0.2, 0) is 0 Å². The van der Waals surface area contributed by atoms with Gasteiger partial charge in [0.25, 0.3) is 0 Å². The average molecular weight is 94.1 g/mol. The van der Waals surface area contributed by atoms with Crippen molar-refractivity contribution in [1.82, 2.24) is 0 Å². The summed E-state index contributed by atoms with van der Waals surface area (Å²) < 4.78 is 21.9. The Hall–Kier alpha value is -0.180. The number of nitrogens with one attached hydrogen (secondary N) is 1. The summed E-state index contributed by atoms with van der Waals surface area (Å²) in [6.07, 6.45) is -2.48. The first-order chi connectivity index (χ1) is 2.64. The number of alkyl halides is 2. The molecule has 1 nitrogen and oxygen atoms in total. The molecular formula is C3H6F2N-. The van der Waals surface area contributed by atoms with Gasteiger partial charge in [-0.15, -0.1) is 0 Å². The van der Waals surface area contributed by atoms with Crippen molar-refractivity contribution in [3.8, 4) is 0 Å². The monoisotopic (exact) mass is 94.0 g/mol. The predicted molar refractivity (Wildman–Crippen MR) is 19.8 cm³/mol. The van der Waals surface area contributed by atoms with E-state index in [0.29, 0.717) is 0 Å². The van der Waals surface area contributed by atoms with Gasteiger partial charge in [0.1, 0.15) is 0 Å². The van der Waals surface area contributed by atoms with E-state index in [9.17, 15) is 8.78 Å². The molecule has 1 N–H and O–H groups in total. The van der Waals surface area contributed by atoms with Gasteiger partial charge in [-0.05, 0) is 0 Å². The molecule has 38 valence electrons. The highest BCUT2D eigenvalue weighted by Crippen LogP contribution is 2.00. The minimum absolute atomic E-state index is 1.16. The number of hydrogen-bond donors (Lipinski definition) is 0. The summed E-state index contributed by atoms with van der Waals surface area (Å²) in [5.74, 6) is 0. The lowest BCUT2D eigenvalue weighted by Gasteiger charge is -2.09. The molecule has 0 bridgehead atoms. The molecule has 0 aromatic heterocycles. The summed E-state index contributed by atoms with van der Waals surface area (Å²) >= 11 is 0. The Morgan fingerprint density at radius 1 is 1.50 bits per heavy atom. The van der Waals surface area contributed by atoms with Crippen LogP contribution in [0, 0.1) is 0 Å². The molecule has 0 spiro atoms. The zero-order valence-corrected chi connectivity index (χ0v) is 3.41. The van der Waals surface area contributed by atoms with Gasteiger partial charge in [0, 0.05) is 0 Å². The second-order valence-corrected chi connectivity index (χ2v) is 1.12. The Morgan fingerprint density at radius 2 is 1.67 bits per heavy atom. The van der Waals surface area contributed by atoms with E-state index in [4.69, 9.17) is 5.73 Å². The summed E-state index contributed by atoms with van der Waals surface area (Å²) in [4.78, 5) is 0. The Kier molecular flexibility index (Phi) is 2.01. The largest absolute Gasteiger partial charge is 0.670 e. The molecule has 0 fully saturated rings. The third kappa shape index (κ3) is 2.08. The molecule has 0 aliphatic carbocycles. The van der Waals surface area contributed by atoms with Crippen LogP contribution < -0.4 is 0 Å². The van der Waals surface area contributed by atoms with E-state index in [-0.39, 0.29) is 0 Å². The summed E-state index contributed by atoms with van der Waals surface area (Å²) in [5, 5.41) is 0. The molecule has 0 saturated carbocycles.